The predicted molar refractivity (Wildman–Crippen MR) is 200 cm³/mol. The van der Waals surface area contributed by atoms with Gasteiger partial charge < -0.3 is 59.5 Å². The zero-order chi connectivity index (χ0) is 40.3. The maximum Gasteiger partial charge on any atom is 0.343 e. The highest BCUT2D eigenvalue weighted by Crippen LogP contribution is 2.65. The number of ether oxygens (including phenoxy) is 2. The molecule has 2 fully saturated rings. The van der Waals surface area contributed by atoms with Crippen molar-refractivity contribution < 1.29 is 61.9 Å². The van der Waals surface area contributed by atoms with Crippen molar-refractivity contribution >= 4 is 49.4 Å². The second-order valence-electron chi connectivity index (χ2n) is 13.1. The topological polar surface area (TPSA) is 296 Å². The highest BCUT2D eigenvalue weighted by atomic mass is 32.1. The van der Waals surface area contributed by atoms with Crippen molar-refractivity contribution in [2.75, 3.05) is 24.9 Å². The van der Waals surface area contributed by atoms with Gasteiger partial charge in [-0.05, 0) is 11.1 Å². The lowest BCUT2D eigenvalue weighted by Crippen LogP contribution is -2.34. The number of carbonyl (C=O) groups excluding carboxylic acids is 1. The van der Waals surface area contributed by atoms with Gasteiger partial charge in [0.15, 0.2) is 23.6 Å². The molecule has 7 rings (SSSR count). The average molecular weight is 848 g/mol. The van der Waals surface area contributed by atoms with Crippen LogP contribution < -0.4 is 11.5 Å². The fraction of sp³-hybridized carbons (Fsp3) is 0.382. The number of hydrogen-bond donors (Lipinski definition) is 6. The van der Waals surface area contributed by atoms with Crippen LogP contribution in [0.2, 0.25) is 0 Å². The van der Waals surface area contributed by atoms with Gasteiger partial charge >= 0.3 is 15.2 Å². The Hall–Kier alpha value is -4.05. The summed E-state index contributed by atoms with van der Waals surface area (Å²) in [5, 5.41) is 45.2. The van der Waals surface area contributed by atoms with Crippen LogP contribution in [0.15, 0.2) is 78.7 Å². The fourth-order valence-electron chi connectivity index (χ4n) is 6.09. The first-order chi connectivity index (χ1) is 27.3. The quantitative estimate of drug-likeness (QED) is 0.0731. The predicted octanol–water partition coefficient (Wildman–Crippen LogP) is 2.26. The zero-order valence-corrected chi connectivity index (χ0v) is 32.4. The number of thiazole rings is 1. The van der Waals surface area contributed by atoms with Crippen molar-refractivity contribution in [2.45, 2.75) is 62.2 Å². The minimum absolute atomic E-state index is 0.0550. The number of amides is 1. The molecule has 23 heteroatoms. The number of aromatic nitrogens is 5. The molecule has 2 unspecified atom stereocenters. The van der Waals surface area contributed by atoms with Crippen LogP contribution in [0.5, 0.6) is 0 Å². The summed E-state index contributed by atoms with van der Waals surface area (Å²) in [6, 6.07) is 17.3. The number of aliphatic hydroxyl groups is 4. The van der Waals surface area contributed by atoms with E-state index in [1.807, 2.05) is 0 Å². The number of nitrogens with two attached hydrogens (primary N) is 2. The summed E-state index contributed by atoms with van der Waals surface area (Å²) in [6.07, 6.45) is -8.62. The molecule has 304 valence electrons. The molecule has 0 spiro atoms. The molecule has 2 saturated heterocycles. The van der Waals surface area contributed by atoms with Gasteiger partial charge in [0.1, 0.15) is 65.3 Å². The highest BCUT2D eigenvalue weighted by molar-refractivity contribution is 7.71. The van der Waals surface area contributed by atoms with Gasteiger partial charge in [-0.25, -0.2) is 19.9 Å². The summed E-state index contributed by atoms with van der Waals surface area (Å²) in [6.45, 7) is -1.78. The first-order valence-corrected chi connectivity index (χ1v) is 21.7. The number of anilines is 1. The molecule has 20 nitrogen and oxygen atoms in total. The standard InChI is InChI=1S/C34H39N7O13P2S/c35-30-24-32(38-16-37-30)41(17-39-24)34-28(45)26(43)23(54-34)14-52-56(48,50-12-20-9-5-2-6-10-20)18-55(47,49-11-19-7-3-1-4-8-19)51-13-22-25(42)27(44)29(53-22)33-40-21(15-57-33)31(36)46/h1-10,15-17,22-23,25-29,34,42-45H,11-14,18H2,(H2,36,46)(H2,35,37,38)/t22-,23-,25-,26-,27-,28-,29-,34-,55?,56?/m1/s1. The summed E-state index contributed by atoms with van der Waals surface area (Å²) >= 11 is 0.983. The van der Waals surface area contributed by atoms with Crippen LogP contribution in [0.25, 0.3) is 11.2 Å². The van der Waals surface area contributed by atoms with Crippen molar-refractivity contribution in [2.24, 2.45) is 5.73 Å². The second-order valence-corrected chi connectivity index (χ2v) is 18.6. The van der Waals surface area contributed by atoms with E-state index >= 15 is 0 Å². The number of fused-ring (bicyclic) bond motifs is 1. The largest absolute Gasteiger partial charge is 0.387 e. The van der Waals surface area contributed by atoms with E-state index in [2.05, 4.69) is 19.9 Å². The lowest BCUT2D eigenvalue weighted by atomic mass is 10.1. The molecule has 2 aliphatic heterocycles. The number of primary amides is 1. The van der Waals surface area contributed by atoms with Crippen LogP contribution in [-0.2, 0) is 49.9 Å². The molecule has 10 atom stereocenters. The molecular weight excluding hydrogens is 808 g/mol. The molecule has 57 heavy (non-hydrogen) atoms. The third kappa shape index (κ3) is 9.32. The number of rotatable bonds is 17. The minimum atomic E-state index is -4.55. The van der Waals surface area contributed by atoms with Crippen LogP contribution in [0.4, 0.5) is 5.82 Å². The summed E-state index contributed by atoms with van der Waals surface area (Å²) in [7, 11) is -9.10. The van der Waals surface area contributed by atoms with Crippen molar-refractivity contribution in [1.82, 2.24) is 24.5 Å². The Balaban J connectivity index is 1.11. The van der Waals surface area contributed by atoms with E-state index in [1.165, 1.54) is 22.6 Å². The van der Waals surface area contributed by atoms with E-state index in [0.717, 1.165) is 11.3 Å². The lowest BCUT2D eigenvalue weighted by molar-refractivity contribution is -0.0491. The zero-order valence-electron chi connectivity index (χ0n) is 29.8. The van der Waals surface area contributed by atoms with E-state index < -0.39 is 89.2 Å². The Bertz CT molecular complexity index is 2250. The summed E-state index contributed by atoms with van der Waals surface area (Å²) in [4.78, 5) is 27.9. The monoisotopic (exact) mass is 847 g/mol. The highest BCUT2D eigenvalue weighted by Gasteiger charge is 2.49. The third-order valence-corrected chi connectivity index (χ3v) is 14.9. The van der Waals surface area contributed by atoms with E-state index in [0.29, 0.717) is 11.1 Å². The fourth-order valence-corrected chi connectivity index (χ4v) is 11.6. The van der Waals surface area contributed by atoms with Gasteiger partial charge in [-0.3, -0.25) is 18.5 Å². The Morgan fingerprint density at radius 1 is 0.789 bits per heavy atom. The second kappa shape index (κ2) is 17.4. The molecule has 8 N–H and O–H groups in total. The first kappa shape index (κ1) is 41.1. The lowest BCUT2D eigenvalue weighted by Gasteiger charge is -2.26. The maximum atomic E-state index is 14.7. The number of nitrogens with zero attached hydrogens (tertiary/aromatic N) is 5. The molecule has 2 aliphatic rings. The van der Waals surface area contributed by atoms with E-state index in [-0.39, 0.29) is 40.9 Å². The molecule has 3 aromatic heterocycles. The van der Waals surface area contributed by atoms with Gasteiger partial charge in [-0.15, -0.1) is 11.3 Å². The molecule has 0 aliphatic carbocycles. The summed E-state index contributed by atoms with van der Waals surface area (Å²) in [5.74, 6) is -1.66. The van der Waals surface area contributed by atoms with Crippen LogP contribution >= 0.6 is 26.5 Å². The Kier molecular flexibility index (Phi) is 12.6. The first-order valence-electron chi connectivity index (χ1n) is 17.4. The van der Waals surface area contributed by atoms with E-state index in [9.17, 15) is 34.4 Å². The molecule has 5 aromatic rings. The number of imidazole rings is 1. The smallest absolute Gasteiger partial charge is 0.343 e. The average Bonchev–Trinajstić information content (AvgIpc) is 3.99. The van der Waals surface area contributed by atoms with Crippen LogP contribution in [-0.4, -0.2) is 107 Å². The number of hydrogen-bond acceptors (Lipinski definition) is 19. The van der Waals surface area contributed by atoms with Gasteiger partial charge in [0.25, 0.3) is 5.91 Å². The van der Waals surface area contributed by atoms with Gasteiger partial charge in [0, 0.05) is 5.38 Å². The Morgan fingerprint density at radius 3 is 1.95 bits per heavy atom. The van der Waals surface area contributed by atoms with Crippen LogP contribution in [0.1, 0.15) is 39.0 Å². The van der Waals surface area contributed by atoms with Crippen molar-refractivity contribution in [3.8, 4) is 0 Å². The van der Waals surface area contributed by atoms with Crippen molar-refractivity contribution in [1.29, 1.82) is 0 Å². The Morgan fingerprint density at radius 2 is 1.37 bits per heavy atom. The molecule has 0 radical (unpaired) electrons. The molecule has 5 heterocycles. The minimum Gasteiger partial charge on any atom is -0.387 e. The number of carbonyl (C=O) groups is 1. The Labute approximate surface area is 328 Å². The van der Waals surface area contributed by atoms with E-state index in [4.69, 9.17) is 39.0 Å². The van der Waals surface area contributed by atoms with Gasteiger partial charge in [0.2, 0.25) is 0 Å². The number of aliphatic hydroxyl groups excluding tert-OH is 4. The van der Waals surface area contributed by atoms with Crippen molar-refractivity contribution in [3.05, 3.63) is 101 Å². The molecule has 1 amide bonds. The van der Waals surface area contributed by atoms with Crippen LogP contribution in [0, 0.1) is 0 Å². The third-order valence-electron chi connectivity index (χ3n) is 9.14. The SMILES string of the molecule is NC(=O)c1csc([C@@H]2O[C@H](COP(=O)(CP(=O)(OCc3ccccc3)OC[C@H]3O[C@@H](n4cnc5c(N)ncnc54)[C@H](O)[C@@H]3O)OCc3ccccc3)[C@@H](O)[C@H]2O)n1. The molecule has 0 bridgehead atoms. The van der Waals surface area contributed by atoms with E-state index in [1.54, 1.807) is 60.7 Å². The summed E-state index contributed by atoms with van der Waals surface area (Å²) in [5.41, 5.74) is 12.8. The normalized spacial score (nSPS) is 27.0. The number of nitrogen functional groups attached to an aromatic ring is 1. The maximum absolute atomic E-state index is 14.7. The van der Waals surface area contributed by atoms with Crippen LogP contribution in [0.3, 0.4) is 0 Å². The number of benzene rings is 2. The van der Waals surface area contributed by atoms with Gasteiger partial charge in [-0.2, -0.15) is 0 Å². The molecule has 2 aromatic carbocycles. The van der Waals surface area contributed by atoms with Gasteiger partial charge in [0.05, 0.1) is 32.8 Å². The van der Waals surface area contributed by atoms with Gasteiger partial charge in [-0.1, -0.05) is 60.7 Å². The molecule has 0 saturated carbocycles. The molecular formula is C34H39N7O13P2S. The summed E-state index contributed by atoms with van der Waals surface area (Å²) < 4.78 is 65.9. The van der Waals surface area contributed by atoms with Crippen molar-refractivity contribution in [3.63, 3.8) is 0 Å².